The van der Waals surface area contributed by atoms with Gasteiger partial charge in [0.2, 0.25) is 0 Å². The first-order valence-corrected chi connectivity index (χ1v) is 4.66. The molecule has 82 valence electrons. The zero-order valence-corrected chi connectivity index (χ0v) is 9.12. The van der Waals surface area contributed by atoms with Gasteiger partial charge in [-0.15, -0.1) is 0 Å². The van der Waals surface area contributed by atoms with Gasteiger partial charge < -0.3 is 10.5 Å². The maximum Gasteiger partial charge on any atom is 0.187 e. The number of ether oxygens (including phenoxy) is 1. The van der Waals surface area contributed by atoms with Gasteiger partial charge in [0, 0.05) is 11.8 Å². The molecule has 15 heavy (non-hydrogen) atoms. The molecule has 0 bridgehead atoms. The molecule has 0 aliphatic heterocycles. The molecule has 0 fully saturated rings. The molecule has 0 heterocycles. The second-order valence-electron chi connectivity index (χ2n) is 3.32. The summed E-state index contributed by atoms with van der Waals surface area (Å²) in [5, 5.41) is 0. The van der Waals surface area contributed by atoms with Crippen molar-refractivity contribution in [3.63, 3.8) is 0 Å². The molecule has 1 unspecified atom stereocenters. The van der Waals surface area contributed by atoms with Gasteiger partial charge in [-0.1, -0.05) is 0 Å². The second kappa shape index (κ2) is 4.77. The van der Waals surface area contributed by atoms with E-state index >= 15 is 0 Å². The van der Waals surface area contributed by atoms with E-state index in [1.54, 1.807) is 7.11 Å². The lowest BCUT2D eigenvalue weighted by molar-refractivity contribution is 0.377. The minimum atomic E-state index is -1.23. The summed E-state index contributed by atoms with van der Waals surface area (Å²) in [6.07, 6.45) is 0.200. The minimum Gasteiger partial charge on any atom is -0.495 e. The third-order valence-corrected chi connectivity index (χ3v) is 1.96. The largest absolute Gasteiger partial charge is 0.495 e. The third kappa shape index (κ3) is 2.94. The number of aryl methyl sites for hydroxylation is 1. The number of benzene rings is 1. The van der Waals surface area contributed by atoms with Crippen LogP contribution >= 0.6 is 0 Å². The quantitative estimate of drug-likeness (QED) is 0.473. The van der Waals surface area contributed by atoms with Gasteiger partial charge in [0.15, 0.2) is 6.30 Å². The number of halogens is 1. The molecule has 0 radical (unpaired) electrons. The van der Waals surface area contributed by atoms with E-state index in [0.717, 1.165) is 5.56 Å². The molecular formula is C11H15FN2O. The lowest BCUT2D eigenvalue weighted by Gasteiger charge is -2.08. The van der Waals surface area contributed by atoms with Crippen LogP contribution < -0.4 is 10.5 Å². The molecule has 0 aliphatic carbocycles. The number of nitrogen functional groups attached to an aromatic ring is 1. The topological polar surface area (TPSA) is 47.6 Å². The fourth-order valence-electron chi connectivity index (χ4n) is 1.25. The standard InChI is InChI=1S/C11H15FN2O/c1-7-4-9(6-14-8(2)12)11(13)10(5-7)15-3/h4-6,8H,13H2,1-3H3/b14-6+. The predicted octanol–water partition coefficient (Wildman–Crippen LogP) is 2.32. The Kier molecular flexibility index (Phi) is 3.66. The van der Waals surface area contributed by atoms with E-state index in [-0.39, 0.29) is 0 Å². The van der Waals surface area contributed by atoms with Gasteiger partial charge >= 0.3 is 0 Å². The van der Waals surface area contributed by atoms with Crippen molar-refractivity contribution < 1.29 is 9.13 Å². The van der Waals surface area contributed by atoms with Crippen molar-refractivity contribution in [2.45, 2.75) is 20.1 Å². The Bertz CT molecular complexity index is 375. The van der Waals surface area contributed by atoms with E-state index in [9.17, 15) is 4.39 Å². The summed E-state index contributed by atoms with van der Waals surface area (Å²) < 4.78 is 17.6. The highest BCUT2D eigenvalue weighted by Gasteiger charge is 2.05. The van der Waals surface area contributed by atoms with E-state index in [0.29, 0.717) is 17.0 Å². The van der Waals surface area contributed by atoms with Crippen molar-refractivity contribution in [3.8, 4) is 5.75 Å². The maximum absolute atomic E-state index is 12.5. The van der Waals surface area contributed by atoms with Gasteiger partial charge in [-0.2, -0.15) is 0 Å². The van der Waals surface area contributed by atoms with Gasteiger partial charge in [-0.25, -0.2) is 4.39 Å². The highest BCUT2D eigenvalue weighted by Crippen LogP contribution is 2.25. The van der Waals surface area contributed by atoms with Crippen LogP contribution in [0.5, 0.6) is 5.75 Å². The van der Waals surface area contributed by atoms with Crippen LogP contribution in [-0.2, 0) is 0 Å². The number of hydrogen-bond acceptors (Lipinski definition) is 3. The number of aliphatic imine (C=N–C) groups is 1. The first-order chi connectivity index (χ1) is 7.04. The number of nitrogens with two attached hydrogens (primary N) is 1. The van der Waals surface area contributed by atoms with E-state index < -0.39 is 6.30 Å². The highest BCUT2D eigenvalue weighted by atomic mass is 19.1. The lowest BCUT2D eigenvalue weighted by atomic mass is 10.1. The Labute approximate surface area is 88.8 Å². The van der Waals surface area contributed by atoms with E-state index in [1.165, 1.54) is 13.1 Å². The van der Waals surface area contributed by atoms with Gasteiger partial charge in [0.25, 0.3) is 0 Å². The number of rotatable bonds is 3. The van der Waals surface area contributed by atoms with Crippen LogP contribution in [0, 0.1) is 6.92 Å². The maximum atomic E-state index is 12.5. The Balaban J connectivity index is 3.12. The normalized spacial score (nSPS) is 13.1. The smallest absolute Gasteiger partial charge is 0.187 e. The number of nitrogens with zero attached hydrogens (tertiary/aromatic N) is 1. The molecule has 1 aromatic carbocycles. The van der Waals surface area contributed by atoms with Crippen LogP contribution in [0.1, 0.15) is 18.1 Å². The Morgan fingerprint density at radius 1 is 1.53 bits per heavy atom. The Morgan fingerprint density at radius 2 is 2.20 bits per heavy atom. The van der Waals surface area contributed by atoms with E-state index in [4.69, 9.17) is 10.5 Å². The highest BCUT2D eigenvalue weighted by molar-refractivity contribution is 5.89. The summed E-state index contributed by atoms with van der Waals surface area (Å²) in [5.41, 5.74) is 7.96. The van der Waals surface area contributed by atoms with Crippen molar-refractivity contribution in [2.75, 3.05) is 12.8 Å². The second-order valence-corrected chi connectivity index (χ2v) is 3.32. The lowest BCUT2D eigenvalue weighted by Crippen LogP contribution is -1.99. The summed E-state index contributed by atoms with van der Waals surface area (Å²) in [7, 11) is 1.55. The van der Waals surface area contributed by atoms with Crippen molar-refractivity contribution in [3.05, 3.63) is 23.3 Å². The molecule has 1 atom stereocenters. The molecule has 0 amide bonds. The van der Waals surface area contributed by atoms with Gasteiger partial charge in [0.1, 0.15) is 5.75 Å². The van der Waals surface area contributed by atoms with Crippen molar-refractivity contribution in [1.29, 1.82) is 0 Å². The summed E-state index contributed by atoms with van der Waals surface area (Å²) >= 11 is 0. The molecule has 2 N–H and O–H groups in total. The molecule has 3 nitrogen and oxygen atoms in total. The van der Waals surface area contributed by atoms with Crippen LogP contribution in [0.25, 0.3) is 0 Å². The summed E-state index contributed by atoms with van der Waals surface area (Å²) in [6.45, 7) is 3.28. The number of alkyl halides is 1. The zero-order valence-electron chi connectivity index (χ0n) is 9.12. The monoisotopic (exact) mass is 210 g/mol. The van der Waals surface area contributed by atoms with Crippen LogP contribution in [-0.4, -0.2) is 19.6 Å². The van der Waals surface area contributed by atoms with E-state index in [1.807, 2.05) is 19.1 Å². The number of methoxy groups -OCH3 is 1. The molecule has 0 spiro atoms. The predicted molar refractivity (Wildman–Crippen MR) is 60.3 cm³/mol. The summed E-state index contributed by atoms with van der Waals surface area (Å²) in [6, 6.07) is 3.66. The fourth-order valence-corrected chi connectivity index (χ4v) is 1.25. The van der Waals surface area contributed by atoms with Gasteiger partial charge in [-0.05, 0) is 31.5 Å². The molecule has 0 saturated heterocycles. The summed E-state index contributed by atoms with van der Waals surface area (Å²) in [4.78, 5) is 3.64. The first-order valence-electron chi connectivity index (χ1n) is 4.66. The van der Waals surface area contributed by atoms with Crippen LogP contribution in [0.15, 0.2) is 17.1 Å². The Hall–Kier alpha value is -1.58. The minimum absolute atomic E-state index is 0.479. The third-order valence-electron chi connectivity index (χ3n) is 1.96. The average Bonchev–Trinajstić information content (AvgIpc) is 2.18. The molecule has 0 saturated carbocycles. The van der Waals surface area contributed by atoms with Gasteiger partial charge in [0.05, 0.1) is 12.8 Å². The fraction of sp³-hybridized carbons (Fsp3) is 0.364. The summed E-state index contributed by atoms with van der Waals surface area (Å²) in [5.74, 6) is 0.586. The number of anilines is 1. The van der Waals surface area contributed by atoms with Gasteiger partial charge in [-0.3, -0.25) is 4.99 Å². The van der Waals surface area contributed by atoms with Crippen molar-refractivity contribution in [1.82, 2.24) is 0 Å². The molecule has 4 heteroatoms. The zero-order chi connectivity index (χ0) is 11.4. The van der Waals surface area contributed by atoms with Crippen LogP contribution in [0.3, 0.4) is 0 Å². The molecule has 1 rings (SSSR count). The van der Waals surface area contributed by atoms with E-state index in [2.05, 4.69) is 4.99 Å². The molecule has 0 aliphatic rings. The first kappa shape index (κ1) is 11.5. The van der Waals surface area contributed by atoms with Crippen molar-refractivity contribution in [2.24, 2.45) is 4.99 Å². The SMILES string of the molecule is COc1cc(C)cc(/C=N/C(C)F)c1N. The Morgan fingerprint density at radius 3 is 2.73 bits per heavy atom. The number of hydrogen-bond donors (Lipinski definition) is 1. The molecule has 0 aromatic heterocycles. The van der Waals surface area contributed by atoms with Crippen LogP contribution in [0.4, 0.5) is 10.1 Å². The van der Waals surface area contributed by atoms with Crippen LogP contribution in [0.2, 0.25) is 0 Å². The average molecular weight is 210 g/mol. The molecular weight excluding hydrogens is 195 g/mol. The molecule has 1 aromatic rings. The van der Waals surface area contributed by atoms with Crippen molar-refractivity contribution >= 4 is 11.9 Å².